The van der Waals surface area contributed by atoms with E-state index in [0.29, 0.717) is 23.8 Å². The Kier molecular flexibility index (Phi) is 6.59. The van der Waals surface area contributed by atoms with Gasteiger partial charge in [0.05, 0.1) is 10.6 Å². The molecule has 0 bridgehead atoms. The van der Waals surface area contributed by atoms with Crippen LogP contribution in [0.15, 0.2) is 53.4 Å². The highest BCUT2D eigenvalue weighted by Gasteiger charge is 2.25. The van der Waals surface area contributed by atoms with Crippen LogP contribution >= 0.6 is 0 Å². The number of hydrogen-bond acceptors (Lipinski definition) is 4. The first kappa shape index (κ1) is 21.3. The van der Waals surface area contributed by atoms with Gasteiger partial charge >= 0.3 is 0 Å². The largest absolute Gasteiger partial charge is 0.350 e. The SMILES string of the molecule is CCN1CCC[C@@H]1CNC(=O)c1cccc(S(=O)(=O)N(C)c2ccc(C)cc2)c1. The maximum absolute atomic E-state index is 13.0. The Labute approximate surface area is 173 Å². The number of nitrogens with one attached hydrogen (secondary N) is 1. The van der Waals surface area contributed by atoms with Gasteiger partial charge in [0.2, 0.25) is 0 Å². The molecule has 0 spiro atoms. The van der Waals surface area contributed by atoms with Crippen LogP contribution < -0.4 is 9.62 Å². The minimum atomic E-state index is -3.76. The van der Waals surface area contributed by atoms with Crippen molar-refractivity contribution < 1.29 is 13.2 Å². The number of sulfonamides is 1. The van der Waals surface area contributed by atoms with Gasteiger partial charge in [-0.25, -0.2) is 8.42 Å². The lowest BCUT2D eigenvalue weighted by Crippen LogP contribution is -2.40. The number of hydrogen-bond donors (Lipinski definition) is 1. The molecule has 0 saturated carbocycles. The molecule has 0 radical (unpaired) electrons. The van der Waals surface area contributed by atoms with Crippen molar-refractivity contribution in [1.82, 2.24) is 10.2 Å². The van der Waals surface area contributed by atoms with E-state index >= 15 is 0 Å². The van der Waals surface area contributed by atoms with E-state index in [0.717, 1.165) is 31.5 Å². The highest BCUT2D eigenvalue weighted by atomic mass is 32.2. The Balaban J connectivity index is 1.74. The Morgan fingerprint density at radius 3 is 2.62 bits per heavy atom. The molecule has 1 aliphatic rings. The van der Waals surface area contributed by atoms with Gasteiger partial charge in [-0.05, 0) is 63.2 Å². The lowest BCUT2D eigenvalue weighted by molar-refractivity contribution is 0.0941. The van der Waals surface area contributed by atoms with Crippen LogP contribution in [0.2, 0.25) is 0 Å². The summed E-state index contributed by atoms with van der Waals surface area (Å²) in [6.45, 7) is 6.69. The minimum Gasteiger partial charge on any atom is -0.350 e. The second-order valence-corrected chi connectivity index (χ2v) is 9.44. The Hall–Kier alpha value is -2.38. The average Bonchev–Trinajstić information content (AvgIpc) is 3.19. The number of nitrogens with zero attached hydrogens (tertiary/aromatic N) is 2. The second kappa shape index (κ2) is 8.97. The molecule has 0 unspecified atom stereocenters. The summed E-state index contributed by atoms with van der Waals surface area (Å²) < 4.78 is 27.3. The smallest absolute Gasteiger partial charge is 0.264 e. The standard InChI is InChI=1S/C22H29N3O3S/c1-4-25-14-6-8-20(25)16-23-22(26)18-7-5-9-21(15-18)29(27,28)24(3)19-12-10-17(2)11-13-19/h5,7,9-13,15,20H,4,6,8,14,16H2,1-3H3,(H,23,26)/t20-/m1/s1. The van der Waals surface area contributed by atoms with Gasteiger partial charge in [0.25, 0.3) is 15.9 Å². The predicted molar refractivity (Wildman–Crippen MR) is 116 cm³/mol. The lowest BCUT2D eigenvalue weighted by atomic mass is 10.2. The molecule has 1 atom stereocenters. The van der Waals surface area contributed by atoms with Gasteiger partial charge in [-0.2, -0.15) is 0 Å². The van der Waals surface area contributed by atoms with Crippen molar-refractivity contribution in [2.45, 2.75) is 37.6 Å². The fourth-order valence-electron chi connectivity index (χ4n) is 3.70. The number of likely N-dealkylation sites (tertiary alicyclic amines) is 1. The van der Waals surface area contributed by atoms with Crippen molar-refractivity contribution in [2.24, 2.45) is 0 Å². The van der Waals surface area contributed by atoms with Crippen LogP contribution in [0.1, 0.15) is 35.7 Å². The molecular formula is C22H29N3O3S. The molecule has 0 aliphatic carbocycles. The normalized spacial score (nSPS) is 17.3. The third-order valence-electron chi connectivity index (χ3n) is 5.56. The fraction of sp³-hybridized carbons (Fsp3) is 0.409. The zero-order valence-corrected chi connectivity index (χ0v) is 18.1. The van der Waals surface area contributed by atoms with Gasteiger partial charge in [0.15, 0.2) is 0 Å². The molecular weight excluding hydrogens is 386 g/mol. The van der Waals surface area contributed by atoms with E-state index in [-0.39, 0.29) is 10.8 Å². The van der Waals surface area contributed by atoms with Crippen LogP contribution in [-0.4, -0.2) is 51.9 Å². The molecule has 1 aliphatic heterocycles. The maximum Gasteiger partial charge on any atom is 0.264 e. The molecule has 1 heterocycles. The number of carbonyl (C=O) groups is 1. The van der Waals surface area contributed by atoms with E-state index in [4.69, 9.17) is 0 Å². The molecule has 2 aromatic carbocycles. The maximum atomic E-state index is 13.0. The fourth-order valence-corrected chi connectivity index (χ4v) is 4.95. The summed E-state index contributed by atoms with van der Waals surface area (Å²) >= 11 is 0. The Bertz CT molecular complexity index is 958. The molecule has 1 amide bonds. The van der Waals surface area contributed by atoms with E-state index in [1.54, 1.807) is 24.3 Å². The van der Waals surface area contributed by atoms with Crippen LogP contribution in [0, 0.1) is 6.92 Å². The predicted octanol–water partition coefficient (Wildman–Crippen LogP) is 3.03. The number of anilines is 1. The van der Waals surface area contributed by atoms with E-state index < -0.39 is 10.0 Å². The van der Waals surface area contributed by atoms with Gasteiger partial charge in [0.1, 0.15) is 0 Å². The van der Waals surface area contributed by atoms with Gasteiger partial charge in [-0.1, -0.05) is 30.7 Å². The van der Waals surface area contributed by atoms with Crippen LogP contribution in [0.4, 0.5) is 5.69 Å². The molecule has 6 nitrogen and oxygen atoms in total. The summed E-state index contributed by atoms with van der Waals surface area (Å²) in [5.41, 5.74) is 1.98. The number of amides is 1. The molecule has 156 valence electrons. The Morgan fingerprint density at radius 1 is 1.21 bits per heavy atom. The third kappa shape index (κ3) is 4.79. The zero-order chi connectivity index (χ0) is 21.0. The summed E-state index contributed by atoms with van der Waals surface area (Å²) in [7, 11) is -2.24. The number of benzene rings is 2. The first-order chi connectivity index (χ1) is 13.8. The van der Waals surface area contributed by atoms with Gasteiger partial charge < -0.3 is 5.32 Å². The number of aryl methyl sites for hydroxylation is 1. The quantitative estimate of drug-likeness (QED) is 0.755. The number of carbonyl (C=O) groups excluding carboxylic acids is 1. The average molecular weight is 416 g/mol. The van der Waals surface area contributed by atoms with Crippen molar-refractivity contribution in [3.8, 4) is 0 Å². The lowest BCUT2D eigenvalue weighted by Gasteiger charge is -2.23. The third-order valence-corrected chi connectivity index (χ3v) is 7.34. The van der Waals surface area contributed by atoms with Crippen molar-refractivity contribution in [2.75, 3.05) is 31.0 Å². The van der Waals surface area contributed by atoms with E-state index in [1.165, 1.54) is 23.5 Å². The molecule has 1 N–H and O–H groups in total. The monoisotopic (exact) mass is 415 g/mol. The first-order valence-electron chi connectivity index (χ1n) is 10.0. The van der Waals surface area contributed by atoms with Gasteiger partial charge in [-0.15, -0.1) is 0 Å². The van der Waals surface area contributed by atoms with Crippen LogP contribution in [0.3, 0.4) is 0 Å². The summed E-state index contributed by atoms with van der Waals surface area (Å²) in [6, 6.07) is 13.8. The van der Waals surface area contributed by atoms with E-state index in [1.807, 2.05) is 19.1 Å². The summed E-state index contributed by atoms with van der Waals surface area (Å²) in [4.78, 5) is 15.1. The van der Waals surface area contributed by atoms with Gasteiger partial charge in [0, 0.05) is 25.2 Å². The zero-order valence-electron chi connectivity index (χ0n) is 17.3. The topological polar surface area (TPSA) is 69.7 Å². The van der Waals surface area contributed by atoms with Crippen molar-refractivity contribution in [3.05, 3.63) is 59.7 Å². The highest BCUT2D eigenvalue weighted by Crippen LogP contribution is 2.23. The summed E-state index contributed by atoms with van der Waals surface area (Å²) in [5.74, 6) is -0.247. The summed E-state index contributed by atoms with van der Waals surface area (Å²) in [5, 5.41) is 2.96. The van der Waals surface area contributed by atoms with Crippen molar-refractivity contribution in [3.63, 3.8) is 0 Å². The molecule has 1 fully saturated rings. The molecule has 29 heavy (non-hydrogen) atoms. The second-order valence-electron chi connectivity index (χ2n) is 7.47. The number of likely N-dealkylation sites (N-methyl/N-ethyl adjacent to an activating group) is 1. The van der Waals surface area contributed by atoms with Crippen LogP contribution in [-0.2, 0) is 10.0 Å². The summed E-state index contributed by atoms with van der Waals surface area (Å²) in [6.07, 6.45) is 2.22. The highest BCUT2D eigenvalue weighted by molar-refractivity contribution is 7.92. The minimum absolute atomic E-state index is 0.101. The first-order valence-corrected chi connectivity index (χ1v) is 11.4. The van der Waals surface area contributed by atoms with Crippen molar-refractivity contribution >= 4 is 21.6 Å². The van der Waals surface area contributed by atoms with Crippen LogP contribution in [0.5, 0.6) is 0 Å². The number of rotatable bonds is 7. The molecule has 2 aromatic rings. The molecule has 0 aromatic heterocycles. The molecule has 1 saturated heterocycles. The van der Waals surface area contributed by atoms with Crippen molar-refractivity contribution in [1.29, 1.82) is 0 Å². The van der Waals surface area contributed by atoms with Crippen LogP contribution in [0.25, 0.3) is 0 Å². The van der Waals surface area contributed by atoms with Gasteiger partial charge in [-0.3, -0.25) is 14.0 Å². The molecule has 3 rings (SSSR count). The van der Waals surface area contributed by atoms with E-state index in [2.05, 4.69) is 17.1 Å². The Morgan fingerprint density at radius 2 is 1.93 bits per heavy atom. The van der Waals surface area contributed by atoms with E-state index in [9.17, 15) is 13.2 Å². The molecule has 7 heteroatoms.